The Morgan fingerprint density at radius 1 is 1.29 bits per heavy atom. The topological polar surface area (TPSA) is 62.3 Å². The number of rotatable bonds is 5. The number of hydrogen-bond donors (Lipinski definition) is 1. The molecule has 0 spiro atoms. The Kier molecular flexibility index (Phi) is 5.63. The Hall–Kier alpha value is -1.73. The molecule has 0 unspecified atom stereocenters. The predicted octanol–water partition coefficient (Wildman–Crippen LogP) is 3.93. The summed E-state index contributed by atoms with van der Waals surface area (Å²) in [5.74, 6) is -0.220. The summed E-state index contributed by atoms with van der Waals surface area (Å²) in [6.45, 7) is 1.97. The van der Waals surface area contributed by atoms with Gasteiger partial charge in [-0.15, -0.1) is 22.7 Å². The monoisotopic (exact) mass is 363 g/mol. The van der Waals surface area contributed by atoms with Crippen LogP contribution in [0.5, 0.6) is 0 Å². The fourth-order valence-corrected chi connectivity index (χ4v) is 4.41. The van der Waals surface area contributed by atoms with Gasteiger partial charge in [0.2, 0.25) is 5.91 Å². The molecule has 1 aliphatic rings. The maximum absolute atomic E-state index is 12.8. The molecule has 7 heteroatoms. The quantitative estimate of drug-likeness (QED) is 0.875. The van der Waals surface area contributed by atoms with Crippen LogP contribution in [0.15, 0.2) is 22.9 Å². The lowest BCUT2D eigenvalue weighted by atomic mass is 9.94. The molecule has 1 fully saturated rings. The molecule has 128 valence electrons. The average molecular weight is 364 g/mol. The number of anilines is 1. The predicted molar refractivity (Wildman–Crippen MR) is 97.7 cm³/mol. The smallest absolute Gasteiger partial charge is 0.264 e. The van der Waals surface area contributed by atoms with Gasteiger partial charge in [0.1, 0.15) is 6.54 Å². The van der Waals surface area contributed by atoms with Crippen LogP contribution in [0.4, 0.5) is 5.13 Å². The third-order valence-electron chi connectivity index (χ3n) is 4.19. The molecule has 0 saturated heterocycles. The van der Waals surface area contributed by atoms with Crippen molar-refractivity contribution < 1.29 is 9.59 Å². The van der Waals surface area contributed by atoms with Crippen molar-refractivity contribution in [2.75, 3.05) is 11.9 Å². The van der Waals surface area contributed by atoms with Crippen LogP contribution in [0.3, 0.4) is 0 Å². The molecule has 0 radical (unpaired) electrons. The summed E-state index contributed by atoms with van der Waals surface area (Å²) >= 11 is 2.83. The van der Waals surface area contributed by atoms with Crippen LogP contribution in [0.1, 0.15) is 47.5 Å². The SMILES string of the molecule is Cc1csc(NC(=O)CN(C(=O)c2cccs2)C2CCCCC2)n1. The summed E-state index contributed by atoms with van der Waals surface area (Å²) < 4.78 is 0. The molecular weight excluding hydrogens is 342 g/mol. The van der Waals surface area contributed by atoms with Gasteiger partial charge in [0, 0.05) is 11.4 Å². The van der Waals surface area contributed by atoms with E-state index in [-0.39, 0.29) is 24.4 Å². The highest BCUT2D eigenvalue weighted by Crippen LogP contribution is 2.25. The Morgan fingerprint density at radius 2 is 2.08 bits per heavy atom. The summed E-state index contributed by atoms with van der Waals surface area (Å²) in [5, 5.41) is 7.19. The Bertz CT molecular complexity index is 691. The number of hydrogen-bond acceptors (Lipinski definition) is 5. The second kappa shape index (κ2) is 7.90. The fraction of sp³-hybridized carbons (Fsp3) is 0.471. The van der Waals surface area contributed by atoms with Crippen LogP contribution in [-0.2, 0) is 4.79 Å². The zero-order chi connectivity index (χ0) is 16.9. The van der Waals surface area contributed by atoms with E-state index >= 15 is 0 Å². The van der Waals surface area contributed by atoms with E-state index in [0.29, 0.717) is 10.0 Å². The Morgan fingerprint density at radius 3 is 2.71 bits per heavy atom. The lowest BCUT2D eigenvalue weighted by Gasteiger charge is -2.33. The van der Waals surface area contributed by atoms with E-state index in [1.807, 2.05) is 29.8 Å². The van der Waals surface area contributed by atoms with Crippen molar-refractivity contribution in [3.05, 3.63) is 33.5 Å². The summed E-state index contributed by atoms with van der Waals surface area (Å²) in [4.78, 5) is 31.9. The Labute approximate surface area is 149 Å². The van der Waals surface area contributed by atoms with E-state index < -0.39 is 0 Å². The molecule has 1 aliphatic carbocycles. The molecule has 0 aliphatic heterocycles. The number of carbonyl (C=O) groups excluding carboxylic acids is 2. The molecule has 2 heterocycles. The number of amides is 2. The fourth-order valence-electron chi connectivity index (χ4n) is 3.03. The molecular formula is C17H21N3O2S2. The highest BCUT2D eigenvalue weighted by atomic mass is 32.1. The molecule has 0 bridgehead atoms. The van der Waals surface area contributed by atoms with Gasteiger partial charge in [-0.05, 0) is 31.2 Å². The zero-order valence-electron chi connectivity index (χ0n) is 13.7. The maximum Gasteiger partial charge on any atom is 0.264 e. The molecule has 24 heavy (non-hydrogen) atoms. The summed E-state index contributed by atoms with van der Waals surface area (Å²) in [6, 6.07) is 3.84. The van der Waals surface area contributed by atoms with E-state index in [1.165, 1.54) is 29.1 Å². The molecule has 2 aromatic heterocycles. The number of aryl methyl sites for hydroxylation is 1. The van der Waals surface area contributed by atoms with E-state index in [9.17, 15) is 9.59 Å². The highest BCUT2D eigenvalue weighted by molar-refractivity contribution is 7.14. The van der Waals surface area contributed by atoms with Gasteiger partial charge >= 0.3 is 0 Å². The lowest BCUT2D eigenvalue weighted by molar-refractivity contribution is -0.117. The van der Waals surface area contributed by atoms with Crippen LogP contribution in [-0.4, -0.2) is 34.3 Å². The second-order valence-corrected chi connectivity index (χ2v) is 7.85. The first-order valence-electron chi connectivity index (χ1n) is 8.20. The minimum absolute atomic E-state index is 0.0395. The number of thiazole rings is 1. The van der Waals surface area contributed by atoms with Crippen LogP contribution < -0.4 is 5.32 Å². The van der Waals surface area contributed by atoms with Crippen molar-refractivity contribution in [3.63, 3.8) is 0 Å². The van der Waals surface area contributed by atoms with E-state index in [4.69, 9.17) is 0 Å². The van der Waals surface area contributed by atoms with E-state index in [2.05, 4.69) is 10.3 Å². The number of nitrogens with zero attached hydrogens (tertiary/aromatic N) is 2. The summed E-state index contributed by atoms with van der Waals surface area (Å²) in [7, 11) is 0. The van der Waals surface area contributed by atoms with Crippen LogP contribution in [0, 0.1) is 6.92 Å². The van der Waals surface area contributed by atoms with Crippen molar-refractivity contribution in [2.24, 2.45) is 0 Å². The largest absolute Gasteiger partial charge is 0.326 e. The first-order valence-corrected chi connectivity index (χ1v) is 9.96. The number of nitrogens with one attached hydrogen (secondary N) is 1. The molecule has 1 N–H and O–H groups in total. The van der Waals surface area contributed by atoms with E-state index in [0.717, 1.165) is 31.4 Å². The first-order chi connectivity index (χ1) is 11.6. The normalized spacial score (nSPS) is 15.2. The van der Waals surface area contributed by atoms with Gasteiger partial charge in [-0.1, -0.05) is 25.3 Å². The van der Waals surface area contributed by atoms with Crippen molar-refractivity contribution in [3.8, 4) is 0 Å². The van der Waals surface area contributed by atoms with Crippen molar-refractivity contribution >= 4 is 39.6 Å². The van der Waals surface area contributed by atoms with E-state index in [1.54, 1.807) is 4.90 Å². The average Bonchev–Trinajstić information content (AvgIpc) is 3.25. The van der Waals surface area contributed by atoms with Gasteiger partial charge in [-0.25, -0.2) is 4.98 Å². The molecule has 2 amide bonds. The van der Waals surface area contributed by atoms with Crippen LogP contribution >= 0.6 is 22.7 Å². The van der Waals surface area contributed by atoms with Crippen molar-refractivity contribution in [1.29, 1.82) is 0 Å². The van der Waals surface area contributed by atoms with Gasteiger partial charge < -0.3 is 10.2 Å². The standard InChI is InChI=1S/C17H21N3O2S2/c1-12-11-24-17(18-12)19-15(21)10-20(13-6-3-2-4-7-13)16(22)14-8-5-9-23-14/h5,8-9,11,13H,2-4,6-7,10H2,1H3,(H,18,19,21). The van der Waals surface area contributed by atoms with Crippen LogP contribution in [0.2, 0.25) is 0 Å². The second-order valence-electron chi connectivity index (χ2n) is 6.04. The molecule has 2 aromatic rings. The third kappa shape index (κ3) is 4.21. The number of thiophene rings is 1. The first kappa shape index (κ1) is 17.1. The number of aromatic nitrogens is 1. The molecule has 0 atom stereocenters. The third-order valence-corrected chi connectivity index (χ3v) is 5.92. The van der Waals surface area contributed by atoms with Gasteiger partial charge in [0.25, 0.3) is 5.91 Å². The molecule has 0 aromatic carbocycles. The van der Waals surface area contributed by atoms with Gasteiger partial charge in [0.15, 0.2) is 5.13 Å². The maximum atomic E-state index is 12.8. The molecule has 3 rings (SSSR count). The lowest BCUT2D eigenvalue weighted by Crippen LogP contribution is -2.45. The zero-order valence-corrected chi connectivity index (χ0v) is 15.3. The molecule has 5 nitrogen and oxygen atoms in total. The summed E-state index contributed by atoms with van der Waals surface area (Å²) in [5.41, 5.74) is 0.883. The Balaban J connectivity index is 1.71. The minimum atomic E-state index is -0.181. The van der Waals surface area contributed by atoms with Crippen molar-refractivity contribution in [1.82, 2.24) is 9.88 Å². The number of carbonyl (C=O) groups is 2. The van der Waals surface area contributed by atoms with Crippen LogP contribution in [0.25, 0.3) is 0 Å². The molecule has 1 saturated carbocycles. The minimum Gasteiger partial charge on any atom is -0.326 e. The highest BCUT2D eigenvalue weighted by Gasteiger charge is 2.28. The van der Waals surface area contributed by atoms with Gasteiger partial charge in [0.05, 0.1) is 10.6 Å². The van der Waals surface area contributed by atoms with Gasteiger partial charge in [-0.3, -0.25) is 9.59 Å². The van der Waals surface area contributed by atoms with Gasteiger partial charge in [-0.2, -0.15) is 0 Å². The van der Waals surface area contributed by atoms with Crippen molar-refractivity contribution in [2.45, 2.75) is 45.1 Å². The summed E-state index contributed by atoms with van der Waals surface area (Å²) in [6.07, 6.45) is 5.39.